The summed E-state index contributed by atoms with van der Waals surface area (Å²) in [4.78, 5) is 16.6. The van der Waals surface area contributed by atoms with E-state index in [1.807, 2.05) is 30.3 Å². The second-order valence-electron chi connectivity index (χ2n) is 4.74. The van der Waals surface area contributed by atoms with Gasteiger partial charge in [-0.3, -0.25) is 4.99 Å². The van der Waals surface area contributed by atoms with Crippen LogP contribution >= 0.6 is 11.6 Å². The molecule has 0 saturated carbocycles. The molecule has 0 bridgehead atoms. The molecule has 1 atom stereocenters. The van der Waals surface area contributed by atoms with Crippen molar-refractivity contribution >= 4 is 23.8 Å². The number of methoxy groups -OCH3 is 1. The third kappa shape index (κ3) is 3.50. The minimum atomic E-state index is -1.10. The van der Waals surface area contributed by atoms with Crippen LogP contribution < -0.4 is 0 Å². The van der Waals surface area contributed by atoms with E-state index in [1.165, 1.54) is 7.11 Å². The van der Waals surface area contributed by atoms with Gasteiger partial charge < -0.3 is 4.74 Å². The van der Waals surface area contributed by atoms with Crippen molar-refractivity contribution in [2.24, 2.45) is 4.99 Å². The third-order valence-corrected chi connectivity index (χ3v) is 3.51. The molecule has 2 aromatic rings. The van der Waals surface area contributed by atoms with Gasteiger partial charge in [0.15, 0.2) is 5.54 Å². The molecule has 3 nitrogen and oxygen atoms in total. The zero-order valence-electron chi connectivity index (χ0n) is 11.9. The van der Waals surface area contributed by atoms with Crippen LogP contribution in [0.1, 0.15) is 18.1 Å². The van der Waals surface area contributed by atoms with Crippen LogP contribution in [0.15, 0.2) is 59.6 Å². The lowest BCUT2D eigenvalue weighted by Crippen LogP contribution is -2.32. The highest BCUT2D eigenvalue weighted by molar-refractivity contribution is 6.30. The highest BCUT2D eigenvalue weighted by Gasteiger charge is 2.35. The van der Waals surface area contributed by atoms with Gasteiger partial charge in [-0.2, -0.15) is 0 Å². The van der Waals surface area contributed by atoms with Crippen molar-refractivity contribution in [3.63, 3.8) is 0 Å². The van der Waals surface area contributed by atoms with Crippen molar-refractivity contribution in [2.45, 2.75) is 12.5 Å². The number of carbonyl (C=O) groups excluding carboxylic acids is 1. The molecule has 0 spiro atoms. The standard InChI is InChI=1S/C17H16ClNO2/c1-17(16(20)21-2,14-8-10-15(18)11-9-14)19-12-13-6-4-3-5-7-13/h3-12H,1-2H3/t17-/m1/s1. The number of aliphatic imine (C=N–C) groups is 1. The van der Waals surface area contributed by atoms with E-state index in [1.54, 1.807) is 37.4 Å². The number of benzene rings is 2. The molecule has 0 amide bonds. The van der Waals surface area contributed by atoms with Crippen LogP contribution in [0.2, 0.25) is 5.02 Å². The largest absolute Gasteiger partial charge is 0.467 e. The fourth-order valence-electron chi connectivity index (χ4n) is 1.96. The molecular formula is C17H16ClNO2. The van der Waals surface area contributed by atoms with Crippen molar-refractivity contribution < 1.29 is 9.53 Å². The minimum Gasteiger partial charge on any atom is -0.467 e. The van der Waals surface area contributed by atoms with E-state index in [0.29, 0.717) is 5.02 Å². The van der Waals surface area contributed by atoms with Gasteiger partial charge in [-0.05, 0) is 30.2 Å². The number of esters is 1. The van der Waals surface area contributed by atoms with Crippen molar-refractivity contribution in [1.82, 2.24) is 0 Å². The summed E-state index contributed by atoms with van der Waals surface area (Å²) in [5.41, 5.74) is 0.544. The number of carbonyl (C=O) groups is 1. The Morgan fingerprint density at radius 2 is 1.76 bits per heavy atom. The molecular weight excluding hydrogens is 286 g/mol. The van der Waals surface area contributed by atoms with Crippen LogP contribution in [-0.2, 0) is 15.1 Å². The average molecular weight is 302 g/mol. The van der Waals surface area contributed by atoms with Gasteiger partial charge in [0.2, 0.25) is 0 Å². The summed E-state index contributed by atoms with van der Waals surface area (Å²) in [6.07, 6.45) is 1.67. The molecule has 21 heavy (non-hydrogen) atoms. The lowest BCUT2D eigenvalue weighted by molar-refractivity contribution is -0.146. The first-order chi connectivity index (χ1) is 10.1. The maximum atomic E-state index is 12.2. The zero-order valence-corrected chi connectivity index (χ0v) is 12.7. The van der Waals surface area contributed by atoms with Crippen LogP contribution in [0.4, 0.5) is 0 Å². The van der Waals surface area contributed by atoms with E-state index < -0.39 is 11.5 Å². The Labute approximate surface area is 129 Å². The summed E-state index contributed by atoms with van der Waals surface area (Å²) in [7, 11) is 1.36. The lowest BCUT2D eigenvalue weighted by Gasteiger charge is -2.22. The molecule has 0 aliphatic heterocycles. The summed E-state index contributed by atoms with van der Waals surface area (Å²) in [5.74, 6) is -0.419. The first-order valence-electron chi connectivity index (χ1n) is 6.51. The molecule has 2 aromatic carbocycles. The Kier molecular flexibility index (Phi) is 4.76. The van der Waals surface area contributed by atoms with E-state index >= 15 is 0 Å². The van der Waals surface area contributed by atoms with Gasteiger partial charge in [0.1, 0.15) is 0 Å². The number of hydrogen-bond donors (Lipinski definition) is 0. The van der Waals surface area contributed by atoms with E-state index in [0.717, 1.165) is 11.1 Å². The van der Waals surface area contributed by atoms with Crippen LogP contribution in [0.25, 0.3) is 0 Å². The number of halogens is 1. The van der Waals surface area contributed by atoms with Gasteiger partial charge in [-0.1, -0.05) is 54.1 Å². The van der Waals surface area contributed by atoms with E-state index in [-0.39, 0.29) is 0 Å². The van der Waals surface area contributed by atoms with E-state index in [4.69, 9.17) is 16.3 Å². The summed E-state index contributed by atoms with van der Waals surface area (Å²) in [6, 6.07) is 16.6. The molecule has 108 valence electrons. The van der Waals surface area contributed by atoms with Gasteiger partial charge in [-0.25, -0.2) is 4.79 Å². The fourth-order valence-corrected chi connectivity index (χ4v) is 2.09. The molecule has 4 heteroatoms. The van der Waals surface area contributed by atoms with Crippen molar-refractivity contribution in [3.8, 4) is 0 Å². The Morgan fingerprint density at radius 3 is 2.33 bits per heavy atom. The Bertz CT molecular complexity index is 638. The number of hydrogen-bond acceptors (Lipinski definition) is 3. The van der Waals surface area contributed by atoms with Gasteiger partial charge in [0, 0.05) is 11.2 Å². The molecule has 0 N–H and O–H groups in total. The topological polar surface area (TPSA) is 38.7 Å². The molecule has 0 aromatic heterocycles. The van der Waals surface area contributed by atoms with Crippen LogP contribution in [-0.4, -0.2) is 19.3 Å². The Morgan fingerprint density at radius 1 is 1.14 bits per heavy atom. The van der Waals surface area contributed by atoms with Crippen LogP contribution in [0.3, 0.4) is 0 Å². The Balaban J connectivity index is 2.40. The van der Waals surface area contributed by atoms with Gasteiger partial charge in [-0.15, -0.1) is 0 Å². The van der Waals surface area contributed by atoms with Crippen molar-refractivity contribution in [3.05, 3.63) is 70.7 Å². The molecule has 0 aliphatic rings. The summed E-state index contributed by atoms with van der Waals surface area (Å²) >= 11 is 5.89. The first kappa shape index (κ1) is 15.3. The molecule has 0 aliphatic carbocycles. The minimum absolute atomic E-state index is 0.419. The van der Waals surface area contributed by atoms with Gasteiger partial charge in [0.05, 0.1) is 7.11 Å². The number of rotatable bonds is 4. The highest BCUT2D eigenvalue weighted by Crippen LogP contribution is 2.28. The number of nitrogens with zero attached hydrogens (tertiary/aromatic N) is 1. The second-order valence-corrected chi connectivity index (χ2v) is 5.18. The second kappa shape index (κ2) is 6.55. The molecule has 0 radical (unpaired) electrons. The quantitative estimate of drug-likeness (QED) is 0.635. The van der Waals surface area contributed by atoms with Gasteiger partial charge >= 0.3 is 5.97 Å². The lowest BCUT2D eigenvalue weighted by atomic mass is 9.93. The molecule has 0 saturated heterocycles. The summed E-state index contributed by atoms with van der Waals surface area (Å²) in [5, 5.41) is 0.609. The summed E-state index contributed by atoms with van der Waals surface area (Å²) < 4.78 is 4.90. The highest BCUT2D eigenvalue weighted by atomic mass is 35.5. The molecule has 0 fully saturated rings. The summed E-state index contributed by atoms with van der Waals surface area (Å²) in [6.45, 7) is 1.72. The molecule has 0 unspecified atom stereocenters. The average Bonchev–Trinajstić information content (AvgIpc) is 2.53. The zero-order chi connectivity index (χ0) is 15.3. The predicted octanol–water partition coefficient (Wildman–Crippen LogP) is 3.85. The van der Waals surface area contributed by atoms with Gasteiger partial charge in [0.25, 0.3) is 0 Å². The van der Waals surface area contributed by atoms with E-state index in [2.05, 4.69) is 4.99 Å². The monoisotopic (exact) mass is 301 g/mol. The van der Waals surface area contributed by atoms with Crippen LogP contribution in [0, 0.1) is 0 Å². The number of ether oxygens (including phenoxy) is 1. The maximum absolute atomic E-state index is 12.2. The van der Waals surface area contributed by atoms with E-state index in [9.17, 15) is 4.79 Å². The molecule has 0 heterocycles. The van der Waals surface area contributed by atoms with Crippen molar-refractivity contribution in [1.29, 1.82) is 0 Å². The fraction of sp³-hybridized carbons (Fsp3) is 0.176. The smallest absolute Gasteiger partial charge is 0.338 e. The van der Waals surface area contributed by atoms with Crippen molar-refractivity contribution in [2.75, 3.05) is 7.11 Å². The van der Waals surface area contributed by atoms with Crippen LogP contribution in [0.5, 0.6) is 0 Å². The maximum Gasteiger partial charge on any atom is 0.338 e. The Hall–Kier alpha value is -2.13. The SMILES string of the molecule is COC(=O)[C@](C)(N=Cc1ccccc1)c1ccc(Cl)cc1. The third-order valence-electron chi connectivity index (χ3n) is 3.26. The molecule has 2 rings (SSSR count). The first-order valence-corrected chi connectivity index (χ1v) is 6.89. The predicted molar refractivity (Wildman–Crippen MR) is 84.9 cm³/mol. The normalized spacial score (nSPS) is 13.9.